The van der Waals surface area contributed by atoms with Gasteiger partial charge in [-0.15, -0.1) is 10.2 Å². The molecule has 2 heterocycles. The van der Waals surface area contributed by atoms with E-state index < -0.39 is 10.0 Å². The standard InChI is InChI=1S/C10H17N3O3S/c1-8(2)10-12-11-9(16-10)7-13-5-3-4-6-17(13,14)15/h8H,3-7H2,1-2H3. The zero-order valence-electron chi connectivity index (χ0n) is 10.1. The summed E-state index contributed by atoms with van der Waals surface area (Å²) in [5.41, 5.74) is 0. The third-order valence-electron chi connectivity index (χ3n) is 2.74. The summed E-state index contributed by atoms with van der Waals surface area (Å²) < 4.78 is 30.4. The third kappa shape index (κ3) is 2.84. The van der Waals surface area contributed by atoms with E-state index in [0.717, 1.165) is 12.8 Å². The molecule has 17 heavy (non-hydrogen) atoms. The third-order valence-corrected chi connectivity index (χ3v) is 4.64. The van der Waals surface area contributed by atoms with Gasteiger partial charge in [-0.2, -0.15) is 4.31 Å². The Labute approximate surface area is 101 Å². The topological polar surface area (TPSA) is 76.3 Å². The summed E-state index contributed by atoms with van der Waals surface area (Å²) in [7, 11) is -3.13. The van der Waals surface area contributed by atoms with E-state index in [0.29, 0.717) is 18.3 Å². The van der Waals surface area contributed by atoms with Crippen molar-refractivity contribution in [3.8, 4) is 0 Å². The highest BCUT2D eigenvalue weighted by atomic mass is 32.2. The molecule has 1 aromatic rings. The van der Waals surface area contributed by atoms with Crippen molar-refractivity contribution >= 4 is 10.0 Å². The lowest BCUT2D eigenvalue weighted by atomic mass is 10.2. The maximum absolute atomic E-state index is 11.8. The molecule has 0 atom stereocenters. The Morgan fingerprint density at radius 1 is 1.35 bits per heavy atom. The minimum absolute atomic E-state index is 0.161. The lowest BCUT2D eigenvalue weighted by Crippen LogP contribution is -2.37. The van der Waals surface area contributed by atoms with E-state index in [9.17, 15) is 8.42 Å². The second kappa shape index (κ2) is 4.73. The molecular weight excluding hydrogens is 242 g/mol. The molecule has 0 bridgehead atoms. The molecule has 0 N–H and O–H groups in total. The van der Waals surface area contributed by atoms with E-state index >= 15 is 0 Å². The summed E-state index contributed by atoms with van der Waals surface area (Å²) in [6.07, 6.45) is 1.63. The van der Waals surface area contributed by atoms with Gasteiger partial charge in [0, 0.05) is 12.5 Å². The fourth-order valence-corrected chi connectivity index (χ4v) is 3.27. The maximum atomic E-state index is 11.8. The van der Waals surface area contributed by atoms with Gasteiger partial charge in [0.05, 0.1) is 12.3 Å². The van der Waals surface area contributed by atoms with Crippen molar-refractivity contribution in [2.45, 2.75) is 39.2 Å². The van der Waals surface area contributed by atoms with Gasteiger partial charge in [0.2, 0.25) is 21.8 Å². The van der Waals surface area contributed by atoms with Crippen LogP contribution in [-0.2, 0) is 16.6 Å². The highest BCUT2D eigenvalue weighted by Gasteiger charge is 2.27. The lowest BCUT2D eigenvalue weighted by molar-refractivity contribution is 0.327. The average Bonchev–Trinajstić information content (AvgIpc) is 2.70. The molecule has 96 valence electrons. The molecular formula is C10H17N3O3S. The highest BCUT2D eigenvalue weighted by molar-refractivity contribution is 7.89. The lowest BCUT2D eigenvalue weighted by Gasteiger charge is -2.24. The number of nitrogens with zero attached hydrogens (tertiary/aromatic N) is 3. The summed E-state index contributed by atoms with van der Waals surface area (Å²) in [5, 5.41) is 7.77. The van der Waals surface area contributed by atoms with Gasteiger partial charge in [0.15, 0.2) is 0 Å². The van der Waals surface area contributed by atoms with Gasteiger partial charge in [0.1, 0.15) is 0 Å². The van der Waals surface area contributed by atoms with Crippen LogP contribution in [-0.4, -0.2) is 35.2 Å². The summed E-state index contributed by atoms with van der Waals surface area (Å²) in [6.45, 7) is 4.65. The summed E-state index contributed by atoms with van der Waals surface area (Å²) >= 11 is 0. The molecule has 0 aromatic carbocycles. The van der Waals surface area contributed by atoms with Gasteiger partial charge in [-0.3, -0.25) is 0 Å². The molecule has 0 amide bonds. The molecule has 0 unspecified atom stereocenters. The fraction of sp³-hybridized carbons (Fsp3) is 0.800. The zero-order chi connectivity index (χ0) is 12.5. The maximum Gasteiger partial charge on any atom is 0.231 e. The number of rotatable bonds is 3. The van der Waals surface area contributed by atoms with Crippen LogP contribution >= 0.6 is 0 Å². The second-order valence-electron chi connectivity index (χ2n) is 4.55. The molecule has 7 heteroatoms. The normalized spacial score (nSPS) is 20.9. The van der Waals surface area contributed by atoms with Gasteiger partial charge in [0.25, 0.3) is 0 Å². The van der Waals surface area contributed by atoms with Crippen LogP contribution in [0.25, 0.3) is 0 Å². The van der Waals surface area contributed by atoms with Crippen molar-refractivity contribution < 1.29 is 12.8 Å². The van der Waals surface area contributed by atoms with Crippen molar-refractivity contribution in [3.63, 3.8) is 0 Å². The van der Waals surface area contributed by atoms with Crippen LogP contribution in [0.1, 0.15) is 44.4 Å². The molecule has 0 aliphatic carbocycles. The average molecular weight is 259 g/mol. The van der Waals surface area contributed by atoms with Gasteiger partial charge in [-0.25, -0.2) is 8.42 Å². The SMILES string of the molecule is CC(C)c1nnc(CN2CCCCS2(=O)=O)o1. The van der Waals surface area contributed by atoms with Crippen LogP contribution in [0.5, 0.6) is 0 Å². The number of hydrogen-bond donors (Lipinski definition) is 0. The quantitative estimate of drug-likeness (QED) is 0.813. The molecule has 1 aromatic heterocycles. The first-order valence-corrected chi connectivity index (χ1v) is 7.40. The zero-order valence-corrected chi connectivity index (χ0v) is 10.9. The molecule has 6 nitrogen and oxygen atoms in total. The summed E-state index contributed by atoms with van der Waals surface area (Å²) in [6, 6.07) is 0. The Balaban J connectivity index is 2.09. The van der Waals surface area contributed by atoms with E-state index in [1.807, 2.05) is 13.8 Å². The van der Waals surface area contributed by atoms with E-state index in [1.54, 1.807) is 0 Å². The van der Waals surface area contributed by atoms with Gasteiger partial charge in [-0.05, 0) is 12.8 Å². The Hall–Kier alpha value is -0.950. The first-order chi connectivity index (χ1) is 7.99. The van der Waals surface area contributed by atoms with Crippen molar-refractivity contribution in [3.05, 3.63) is 11.8 Å². The van der Waals surface area contributed by atoms with Gasteiger partial charge in [-0.1, -0.05) is 13.8 Å². The smallest absolute Gasteiger partial charge is 0.231 e. The van der Waals surface area contributed by atoms with Crippen LogP contribution < -0.4 is 0 Å². The second-order valence-corrected chi connectivity index (χ2v) is 6.63. The van der Waals surface area contributed by atoms with Crippen LogP contribution in [0.15, 0.2) is 4.42 Å². The molecule has 0 radical (unpaired) electrons. The summed E-state index contributed by atoms with van der Waals surface area (Å²) in [5.74, 6) is 1.31. The number of hydrogen-bond acceptors (Lipinski definition) is 5. The molecule has 2 rings (SSSR count). The van der Waals surface area contributed by atoms with Crippen molar-refractivity contribution in [2.24, 2.45) is 0 Å². The predicted octanol–water partition coefficient (Wildman–Crippen LogP) is 1.12. The fourth-order valence-electron chi connectivity index (χ4n) is 1.73. The van der Waals surface area contributed by atoms with Crippen LogP contribution in [0.3, 0.4) is 0 Å². The minimum Gasteiger partial charge on any atom is -0.424 e. The highest BCUT2D eigenvalue weighted by Crippen LogP contribution is 2.18. The predicted molar refractivity (Wildman–Crippen MR) is 61.8 cm³/mol. The summed E-state index contributed by atoms with van der Waals surface area (Å²) in [4.78, 5) is 0. The van der Waals surface area contributed by atoms with Crippen LogP contribution in [0, 0.1) is 0 Å². The van der Waals surface area contributed by atoms with Crippen LogP contribution in [0.4, 0.5) is 0 Å². The number of sulfonamides is 1. The van der Waals surface area contributed by atoms with E-state index in [4.69, 9.17) is 4.42 Å². The van der Waals surface area contributed by atoms with Crippen molar-refractivity contribution in [1.82, 2.24) is 14.5 Å². The molecule has 1 aliphatic rings. The molecule has 1 saturated heterocycles. The van der Waals surface area contributed by atoms with E-state index in [1.165, 1.54) is 4.31 Å². The molecule has 0 saturated carbocycles. The first kappa shape index (κ1) is 12.5. The Morgan fingerprint density at radius 3 is 2.71 bits per heavy atom. The Kier molecular flexibility index (Phi) is 3.48. The van der Waals surface area contributed by atoms with Crippen molar-refractivity contribution in [2.75, 3.05) is 12.3 Å². The Bertz CT molecular complexity index is 481. The van der Waals surface area contributed by atoms with E-state index in [-0.39, 0.29) is 18.2 Å². The minimum atomic E-state index is -3.13. The monoisotopic (exact) mass is 259 g/mol. The number of aromatic nitrogens is 2. The van der Waals surface area contributed by atoms with E-state index in [2.05, 4.69) is 10.2 Å². The van der Waals surface area contributed by atoms with Gasteiger partial charge < -0.3 is 4.42 Å². The van der Waals surface area contributed by atoms with Crippen molar-refractivity contribution in [1.29, 1.82) is 0 Å². The largest absolute Gasteiger partial charge is 0.424 e. The molecule has 1 aliphatic heterocycles. The Morgan fingerprint density at radius 2 is 2.12 bits per heavy atom. The molecule has 0 spiro atoms. The first-order valence-electron chi connectivity index (χ1n) is 5.79. The van der Waals surface area contributed by atoms with Gasteiger partial charge >= 0.3 is 0 Å². The van der Waals surface area contributed by atoms with Crippen LogP contribution in [0.2, 0.25) is 0 Å². The molecule has 1 fully saturated rings.